The Balaban J connectivity index is 2.10. The number of aryl methyl sites for hydroxylation is 1. The predicted octanol–water partition coefficient (Wildman–Crippen LogP) is 1.75. The normalized spacial score (nSPS) is 16.7. The lowest BCUT2D eigenvalue weighted by Crippen LogP contribution is -2.48. The summed E-state index contributed by atoms with van der Waals surface area (Å²) in [5, 5.41) is 20.7. The van der Waals surface area contributed by atoms with E-state index in [1.165, 1.54) is 10.7 Å². The van der Waals surface area contributed by atoms with E-state index in [-0.39, 0.29) is 11.6 Å². The van der Waals surface area contributed by atoms with Gasteiger partial charge in [-0.05, 0) is 48.2 Å². The second kappa shape index (κ2) is 4.36. The van der Waals surface area contributed by atoms with E-state index in [4.69, 9.17) is 0 Å². The van der Waals surface area contributed by atoms with Crippen LogP contribution in [0.2, 0.25) is 0 Å². The summed E-state index contributed by atoms with van der Waals surface area (Å²) in [6.45, 7) is 1.66. The zero-order chi connectivity index (χ0) is 14.3. The lowest BCUT2D eigenvalue weighted by atomic mass is 9.76. The fraction of sp³-hybridized carbons (Fsp3) is 0.385. The van der Waals surface area contributed by atoms with Gasteiger partial charge in [-0.2, -0.15) is 0 Å². The van der Waals surface area contributed by atoms with E-state index in [1.807, 2.05) is 0 Å². The van der Waals surface area contributed by atoms with Crippen LogP contribution in [0.25, 0.3) is 11.4 Å². The number of rotatable bonds is 3. The molecule has 104 valence electrons. The summed E-state index contributed by atoms with van der Waals surface area (Å²) in [7, 11) is 0. The molecule has 0 saturated heterocycles. The van der Waals surface area contributed by atoms with Gasteiger partial charge in [0.05, 0.1) is 0 Å². The Kier molecular flexibility index (Phi) is 2.77. The molecule has 0 aliphatic heterocycles. The number of carbonyl (C=O) groups is 1. The number of halogens is 1. The number of aliphatic carboxylic acids is 1. The van der Waals surface area contributed by atoms with E-state index < -0.39 is 11.5 Å². The van der Waals surface area contributed by atoms with E-state index in [0.29, 0.717) is 24.0 Å². The first-order valence-electron chi connectivity index (χ1n) is 6.33. The zero-order valence-corrected chi connectivity index (χ0v) is 10.9. The van der Waals surface area contributed by atoms with E-state index in [9.17, 15) is 14.3 Å². The first-order chi connectivity index (χ1) is 9.54. The molecular formula is C13H13FN4O2. The molecule has 0 unspecified atom stereocenters. The molecule has 0 bridgehead atoms. The molecule has 0 atom stereocenters. The largest absolute Gasteiger partial charge is 0.479 e. The minimum absolute atomic E-state index is 0.283. The Morgan fingerprint density at radius 3 is 2.75 bits per heavy atom. The molecule has 0 radical (unpaired) electrons. The number of carboxylic acids is 1. The lowest BCUT2D eigenvalue weighted by molar-refractivity contribution is -0.153. The third-order valence-electron chi connectivity index (χ3n) is 3.88. The van der Waals surface area contributed by atoms with Crippen molar-refractivity contribution in [3.05, 3.63) is 29.6 Å². The lowest BCUT2D eigenvalue weighted by Gasteiger charge is -2.37. The quantitative estimate of drug-likeness (QED) is 0.923. The van der Waals surface area contributed by atoms with Gasteiger partial charge in [0.1, 0.15) is 5.82 Å². The van der Waals surface area contributed by atoms with Gasteiger partial charge in [-0.25, -0.2) is 13.9 Å². The fourth-order valence-corrected chi connectivity index (χ4v) is 2.42. The Hall–Kier alpha value is -2.31. The zero-order valence-electron chi connectivity index (χ0n) is 10.9. The summed E-state index contributed by atoms with van der Waals surface area (Å²) in [5.41, 5.74) is -0.102. The van der Waals surface area contributed by atoms with Gasteiger partial charge < -0.3 is 5.11 Å². The summed E-state index contributed by atoms with van der Waals surface area (Å²) >= 11 is 0. The van der Waals surface area contributed by atoms with Crippen molar-refractivity contribution >= 4 is 5.97 Å². The number of tetrazole rings is 1. The van der Waals surface area contributed by atoms with Gasteiger partial charge >= 0.3 is 5.97 Å². The second-order valence-electron chi connectivity index (χ2n) is 5.07. The molecule has 1 fully saturated rings. The molecule has 1 heterocycles. The first kappa shape index (κ1) is 12.7. The van der Waals surface area contributed by atoms with Gasteiger partial charge in [-0.15, -0.1) is 5.10 Å². The maximum atomic E-state index is 13.7. The highest BCUT2D eigenvalue weighted by molar-refractivity contribution is 5.78. The smallest absolute Gasteiger partial charge is 0.331 e. The Morgan fingerprint density at radius 1 is 1.45 bits per heavy atom. The number of aromatic nitrogens is 4. The number of benzene rings is 1. The highest BCUT2D eigenvalue weighted by Crippen LogP contribution is 2.40. The highest BCUT2D eigenvalue weighted by Gasteiger charge is 2.49. The van der Waals surface area contributed by atoms with Crippen LogP contribution in [0.5, 0.6) is 0 Å². The molecule has 20 heavy (non-hydrogen) atoms. The summed E-state index contributed by atoms with van der Waals surface area (Å²) in [4.78, 5) is 11.5. The molecule has 6 nitrogen and oxygen atoms in total. The van der Waals surface area contributed by atoms with Gasteiger partial charge in [0, 0.05) is 5.56 Å². The minimum atomic E-state index is -1.10. The average molecular weight is 276 g/mol. The van der Waals surface area contributed by atoms with E-state index in [1.54, 1.807) is 19.1 Å². The van der Waals surface area contributed by atoms with Crippen molar-refractivity contribution in [3.8, 4) is 11.4 Å². The maximum absolute atomic E-state index is 13.7. The van der Waals surface area contributed by atoms with Crippen LogP contribution < -0.4 is 0 Å². The fourth-order valence-electron chi connectivity index (χ4n) is 2.42. The van der Waals surface area contributed by atoms with Crippen LogP contribution in [0.4, 0.5) is 4.39 Å². The van der Waals surface area contributed by atoms with Gasteiger partial charge in [0.15, 0.2) is 11.4 Å². The summed E-state index contributed by atoms with van der Waals surface area (Å²) < 4.78 is 15.0. The molecule has 1 aliphatic carbocycles. The molecule has 1 N–H and O–H groups in total. The molecule has 3 rings (SSSR count). The maximum Gasteiger partial charge on any atom is 0.331 e. The molecule has 2 aromatic rings. The van der Waals surface area contributed by atoms with E-state index in [2.05, 4.69) is 15.5 Å². The Morgan fingerprint density at radius 2 is 2.20 bits per heavy atom. The van der Waals surface area contributed by atoms with Crippen molar-refractivity contribution in [1.29, 1.82) is 0 Å². The molecule has 0 amide bonds. The van der Waals surface area contributed by atoms with Crippen molar-refractivity contribution in [2.45, 2.75) is 31.7 Å². The monoisotopic (exact) mass is 276 g/mol. The molecular weight excluding hydrogens is 263 g/mol. The van der Waals surface area contributed by atoms with Crippen molar-refractivity contribution in [2.24, 2.45) is 0 Å². The molecule has 0 spiro atoms. The number of carboxylic acid groups (broad SMARTS) is 1. The molecule has 1 aromatic carbocycles. The Bertz CT molecular complexity index is 679. The predicted molar refractivity (Wildman–Crippen MR) is 67.4 cm³/mol. The number of hydrogen-bond acceptors (Lipinski definition) is 4. The molecule has 1 aromatic heterocycles. The topological polar surface area (TPSA) is 80.9 Å². The summed E-state index contributed by atoms with van der Waals surface area (Å²) in [6, 6.07) is 4.64. The highest BCUT2D eigenvalue weighted by atomic mass is 19.1. The number of hydrogen-bond donors (Lipinski definition) is 1. The second-order valence-corrected chi connectivity index (χ2v) is 5.07. The number of nitrogens with zero attached hydrogens (tertiary/aromatic N) is 4. The van der Waals surface area contributed by atoms with Crippen LogP contribution >= 0.6 is 0 Å². The van der Waals surface area contributed by atoms with Gasteiger partial charge in [-0.3, -0.25) is 0 Å². The van der Waals surface area contributed by atoms with Crippen molar-refractivity contribution in [2.75, 3.05) is 0 Å². The third kappa shape index (κ3) is 1.70. The van der Waals surface area contributed by atoms with E-state index >= 15 is 0 Å². The molecule has 1 saturated carbocycles. The van der Waals surface area contributed by atoms with Crippen molar-refractivity contribution < 1.29 is 14.3 Å². The third-order valence-corrected chi connectivity index (χ3v) is 3.88. The SMILES string of the molecule is Cc1ccc(-c2nnnn2C2(C(=O)O)CCC2)cc1F. The first-order valence-corrected chi connectivity index (χ1v) is 6.33. The van der Waals surface area contributed by atoms with Crippen molar-refractivity contribution in [1.82, 2.24) is 20.2 Å². The van der Waals surface area contributed by atoms with Crippen LogP contribution in [-0.2, 0) is 10.3 Å². The van der Waals surface area contributed by atoms with Gasteiger partial charge in [-0.1, -0.05) is 12.1 Å². The standard InChI is InChI=1S/C13H13FN4O2/c1-8-3-4-9(7-10(8)14)11-15-16-17-18(11)13(12(19)20)5-2-6-13/h3-4,7H,2,5-6H2,1H3,(H,19,20). The molecule has 1 aliphatic rings. The van der Waals surface area contributed by atoms with Gasteiger partial charge in [0.2, 0.25) is 0 Å². The van der Waals surface area contributed by atoms with Crippen LogP contribution in [0, 0.1) is 12.7 Å². The Labute approximate surface area is 114 Å². The van der Waals surface area contributed by atoms with Crippen LogP contribution in [0.1, 0.15) is 24.8 Å². The minimum Gasteiger partial charge on any atom is -0.479 e. The van der Waals surface area contributed by atoms with Crippen LogP contribution in [-0.4, -0.2) is 31.3 Å². The summed E-state index contributed by atoms with van der Waals surface area (Å²) in [5.74, 6) is -1.04. The molecule has 7 heteroatoms. The average Bonchev–Trinajstić information content (AvgIpc) is 2.80. The van der Waals surface area contributed by atoms with Crippen LogP contribution in [0.15, 0.2) is 18.2 Å². The van der Waals surface area contributed by atoms with Crippen molar-refractivity contribution in [3.63, 3.8) is 0 Å². The van der Waals surface area contributed by atoms with Crippen LogP contribution in [0.3, 0.4) is 0 Å². The summed E-state index contributed by atoms with van der Waals surface area (Å²) in [6.07, 6.45) is 1.78. The van der Waals surface area contributed by atoms with E-state index in [0.717, 1.165) is 6.42 Å². The van der Waals surface area contributed by atoms with Gasteiger partial charge in [0.25, 0.3) is 0 Å².